The third-order valence-corrected chi connectivity index (χ3v) is 4.16. The van der Waals surface area contributed by atoms with Crippen LogP contribution in [0, 0.1) is 0 Å². The van der Waals surface area contributed by atoms with Gasteiger partial charge in [-0.3, -0.25) is 4.79 Å². The minimum absolute atomic E-state index is 0.116. The van der Waals surface area contributed by atoms with Crippen LogP contribution in [-0.2, 0) is 9.53 Å². The highest BCUT2D eigenvalue weighted by atomic mass is 35.5. The second-order valence-corrected chi connectivity index (χ2v) is 5.99. The fourth-order valence-electron chi connectivity index (χ4n) is 2.19. The maximum absolute atomic E-state index is 12.5. The molecule has 0 aromatic heterocycles. The smallest absolute Gasteiger partial charge is 0.331 e. The van der Waals surface area contributed by atoms with Gasteiger partial charge in [0.15, 0.2) is 11.8 Å². The first-order valence-corrected chi connectivity index (χ1v) is 8.35. The Kier molecular flexibility index (Phi) is 6.82. The van der Waals surface area contributed by atoms with Crippen molar-refractivity contribution in [2.24, 2.45) is 0 Å². The molecule has 2 aromatic carbocycles. The topological polar surface area (TPSA) is 75.6 Å². The largest absolute Gasteiger partial charge is 0.464 e. The monoisotopic (exact) mass is 381 g/mol. The number of hydrogen-bond donors (Lipinski definition) is 2. The normalized spacial score (nSPS) is 13.0. The molecule has 0 heterocycles. The van der Waals surface area contributed by atoms with Gasteiger partial charge < -0.3 is 15.2 Å². The van der Waals surface area contributed by atoms with Crippen LogP contribution in [0.2, 0.25) is 10.0 Å². The number of aliphatic hydroxyl groups is 1. The second kappa shape index (κ2) is 8.85. The summed E-state index contributed by atoms with van der Waals surface area (Å²) in [6, 6.07) is 11.6. The number of hydrogen-bond acceptors (Lipinski definition) is 5. The van der Waals surface area contributed by atoms with E-state index in [2.05, 4.69) is 5.32 Å². The molecular formula is C18H17Cl2NO4. The lowest BCUT2D eigenvalue weighted by molar-refractivity contribution is -0.145. The van der Waals surface area contributed by atoms with Crippen molar-refractivity contribution < 1.29 is 19.4 Å². The molecule has 132 valence electrons. The Labute approximate surface area is 155 Å². The third-order valence-electron chi connectivity index (χ3n) is 3.42. The zero-order chi connectivity index (χ0) is 18.4. The summed E-state index contributed by atoms with van der Waals surface area (Å²) in [5, 5.41) is 13.9. The van der Waals surface area contributed by atoms with Gasteiger partial charge in [0.05, 0.1) is 16.7 Å². The quantitative estimate of drug-likeness (QED) is 0.566. The van der Waals surface area contributed by atoms with Crippen LogP contribution in [0.25, 0.3) is 0 Å². The maximum Gasteiger partial charge on any atom is 0.331 e. The van der Waals surface area contributed by atoms with Crippen LogP contribution < -0.4 is 5.32 Å². The van der Waals surface area contributed by atoms with E-state index in [0.717, 1.165) is 0 Å². The lowest BCUT2D eigenvalue weighted by Gasteiger charge is -2.23. The Balaban J connectivity index is 2.27. The molecular weight excluding hydrogens is 365 g/mol. The summed E-state index contributed by atoms with van der Waals surface area (Å²) in [7, 11) is 0. The third kappa shape index (κ3) is 4.95. The summed E-state index contributed by atoms with van der Waals surface area (Å²) in [6.07, 6.45) is -1.63. The van der Waals surface area contributed by atoms with Crippen molar-refractivity contribution in [2.75, 3.05) is 11.9 Å². The maximum atomic E-state index is 12.5. The van der Waals surface area contributed by atoms with E-state index in [1.165, 1.54) is 6.07 Å². The highest BCUT2D eigenvalue weighted by Gasteiger charge is 2.34. The van der Waals surface area contributed by atoms with E-state index in [-0.39, 0.29) is 11.6 Å². The molecule has 0 radical (unpaired) electrons. The van der Waals surface area contributed by atoms with Crippen molar-refractivity contribution in [2.45, 2.75) is 19.1 Å². The summed E-state index contributed by atoms with van der Waals surface area (Å²) < 4.78 is 4.96. The first kappa shape index (κ1) is 19.2. The molecule has 7 heteroatoms. The van der Waals surface area contributed by atoms with Gasteiger partial charge in [-0.05, 0) is 25.1 Å². The first-order valence-electron chi connectivity index (χ1n) is 7.59. The summed E-state index contributed by atoms with van der Waals surface area (Å²) in [5.41, 5.74) is 0.715. The number of carbonyl (C=O) groups excluding carboxylic acids is 2. The number of rotatable bonds is 7. The fraction of sp³-hybridized carbons (Fsp3) is 0.222. The number of ketones is 1. The van der Waals surface area contributed by atoms with Crippen LogP contribution in [0.4, 0.5) is 5.69 Å². The van der Waals surface area contributed by atoms with E-state index in [1.54, 1.807) is 49.4 Å². The number of Topliss-reactive ketones (excluding diaryl/α,β-unsaturated/α-hetero) is 1. The minimum atomic E-state index is -1.63. The molecule has 0 aliphatic heterocycles. The molecule has 0 saturated heterocycles. The van der Waals surface area contributed by atoms with E-state index in [0.29, 0.717) is 16.3 Å². The lowest BCUT2D eigenvalue weighted by Crippen LogP contribution is -2.46. The van der Waals surface area contributed by atoms with Gasteiger partial charge in [-0.25, -0.2) is 4.79 Å². The van der Waals surface area contributed by atoms with Crippen LogP contribution in [0.5, 0.6) is 0 Å². The van der Waals surface area contributed by atoms with Crippen LogP contribution >= 0.6 is 23.2 Å². The van der Waals surface area contributed by atoms with E-state index in [9.17, 15) is 14.7 Å². The number of halogens is 2. The average Bonchev–Trinajstić information content (AvgIpc) is 2.62. The van der Waals surface area contributed by atoms with E-state index in [4.69, 9.17) is 27.9 Å². The predicted octanol–water partition coefficient (Wildman–Crippen LogP) is 3.58. The van der Waals surface area contributed by atoms with Gasteiger partial charge in [0.2, 0.25) is 0 Å². The van der Waals surface area contributed by atoms with Gasteiger partial charge in [-0.2, -0.15) is 0 Å². The Morgan fingerprint density at radius 2 is 1.80 bits per heavy atom. The first-order chi connectivity index (χ1) is 11.9. The Morgan fingerprint density at radius 1 is 1.12 bits per heavy atom. The average molecular weight is 382 g/mol. The number of esters is 1. The summed E-state index contributed by atoms with van der Waals surface area (Å²) in [4.78, 5) is 24.7. The van der Waals surface area contributed by atoms with Gasteiger partial charge in [-0.1, -0.05) is 53.5 Å². The predicted molar refractivity (Wildman–Crippen MR) is 97.3 cm³/mol. The molecule has 0 unspecified atom stereocenters. The van der Waals surface area contributed by atoms with Crippen LogP contribution in [0.1, 0.15) is 17.3 Å². The van der Waals surface area contributed by atoms with Crippen molar-refractivity contribution in [1.29, 1.82) is 0 Å². The Bertz CT molecular complexity index is 752. The molecule has 0 bridgehead atoms. The Hall–Kier alpha value is -2.08. The van der Waals surface area contributed by atoms with Crippen LogP contribution in [-0.4, -0.2) is 35.6 Å². The molecule has 0 spiro atoms. The zero-order valence-corrected chi connectivity index (χ0v) is 14.9. The van der Waals surface area contributed by atoms with Gasteiger partial charge in [0.1, 0.15) is 6.10 Å². The highest BCUT2D eigenvalue weighted by molar-refractivity contribution is 6.42. The lowest BCUT2D eigenvalue weighted by atomic mass is 10.00. The summed E-state index contributed by atoms with van der Waals surface area (Å²) in [6.45, 7) is 1.75. The van der Waals surface area contributed by atoms with Crippen molar-refractivity contribution in [3.63, 3.8) is 0 Å². The van der Waals surface area contributed by atoms with Gasteiger partial charge >= 0.3 is 5.97 Å². The standard InChI is InChI=1S/C18H17Cl2NO4/c1-2-25-18(24)15(21-12-8-9-13(19)14(20)10-12)17(23)16(22)11-6-4-3-5-7-11/h3-10,15,17,21,23H,2H2,1H3/t15-,17+/m1/s1. The highest BCUT2D eigenvalue weighted by Crippen LogP contribution is 2.26. The van der Waals surface area contributed by atoms with E-state index < -0.39 is 23.9 Å². The molecule has 2 rings (SSSR count). The summed E-state index contributed by atoms with van der Waals surface area (Å²) in [5.74, 6) is -1.34. The molecule has 0 fully saturated rings. The molecule has 2 atom stereocenters. The molecule has 0 amide bonds. The molecule has 2 N–H and O–H groups in total. The minimum Gasteiger partial charge on any atom is -0.464 e. The number of aliphatic hydroxyl groups excluding tert-OH is 1. The molecule has 5 nitrogen and oxygen atoms in total. The second-order valence-electron chi connectivity index (χ2n) is 5.18. The van der Waals surface area contributed by atoms with Crippen LogP contribution in [0.3, 0.4) is 0 Å². The van der Waals surface area contributed by atoms with Crippen molar-refractivity contribution in [1.82, 2.24) is 0 Å². The zero-order valence-electron chi connectivity index (χ0n) is 13.4. The van der Waals surface area contributed by atoms with Crippen molar-refractivity contribution >= 4 is 40.6 Å². The Morgan fingerprint density at radius 3 is 2.40 bits per heavy atom. The van der Waals surface area contributed by atoms with Crippen molar-refractivity contribution in [3.05, 3.63) is 64.1 Å². The van der Waals surface area contributed by atoms with E-state index >= 15 is 0 Å². The number of carbonyl (C=O) groups is 2. The SMILES string of the molecule is CCOC(=O)[C@H](Nc1ccc(Cl)c(Cl)c1)[C@H](O)C(=O)c1ccccc1. The molecule has 0 aliphatic carbocycles. The van der Waals surface area contributed by atoms with Crippen LogP contribution in [0.15, 0.2) is 48.5 Å². The number of benzene rings is 2. The van der Waals surface area contributed by atoms with Gasteiger partial charge in [-0.15, -0.1) is 0 Å². The molecule has 2 aromatic rings. The fourth-order valence-corrected chi connectivity index (χ4v) is 2.49. The number of ether oxygens (including phenoxy) is 1. The number of anilines is 1. The van der Waals surface area contributed by atoms with Gasteiger partial charge in [0.25, 0.3) is 0 Å². The molecule has 0 saturated carbocycles. The molecule has 25 heavy (non-hydrogen) atoms. The number of nitrogens with one attached hydrogen (secondary N) is 1. The summed E-state index contributed by atoms with van der Waals surface area (Å²) >= 11 is 11.8. The molecule has 0 aliphatic rings. The van der Waals surface area contributed by atoms with Crippen molar-refractivity contribution in [3.8, 4) is 0 Å². The van der Waals surface area contributed by atoms with Gasteiger partial charge in [0, 0.05) is 11.3 Å². The van der Waals surface area contributed by atoms with E-state index in [1.807, 2.05) is 0 Å².